The number of aryl methyl sites for hydroxylation is 1. The van der Waals surface area contributed by atoms with E-state index in [0.29, 0.717) is 27.8 Å². The van der Waals surface area contributed by atoms with Gasteiger partial charge in [0.15, 0.2) is 0 Å². The van der Waals surface area contributed by atoms with Crippen molar-refractivity contribution < 1.29 is 8.91 Å². The maximum absolute atomic E-state index is 13.0. The van der Waals surface area contributed by atoms with Gasteiger partial charge in [-0.2, -0.15) is 4.98 Å². The first kappa shape index (κ1) is 13.1. The SMILES string of the molecule is Cc1cc(-c2nc(-c3ccc(F)cc3Cl)no2)c(N)s1. The van der Waals surface area contributed by atoms with Crippen LogP contribution in [0.15, 0.2) is 28.8 Å². The Kier molecular flexibility index (Phi) is 3.19. The molecule has 2 aromatic heterocycles. The van der Waals surface area contributed by atoms with Crippen LogP contribution in [0, 0.1) is 12.7 Å². The lowest BCUT2D eigenvalue weighted by Crippen LogP contribution is -1.85. The molecule has 3 rings (SSSR count). The second kappa shape index (κ2) is 4.88. The van der Waals surface area contributed by atoms with E-state index in [0.717, 1.165) is 4.88 Å². The van der Waals surface area contributed by atoms with Crippen molar-refractivity contribution >= 4 is 27.9 Å². The first-order valence-corrected chi connectivity index (χ1v) is 6.89. The summed E-state index contributed by atoms with van der Waals surface area (Å²) < 4.78 is 18.2. The van der Waals surface area contributed by atoms with Gasteiger partial charge in [-0.05, 0) is 31.2 Å². The molecule has 0 radical (unpaired) electrons. The zero-order chi connectivity index (χ0) is 14.3. The molecule has 0 saturated carbocycles. The van der Waals surface area contributed by atoms with Gasteiger partial charge < -0.3 is 10.3 Å². The number of rotatable bonds is 2. The van der Waals surface area contributed by atoms with Crippen LogP contribution in [-0.4, -0.2) is 10.1 Å². The maximum atomic E-state index is 13.0. The van der Waals surface area contributed by atoms with Crippen molar-refractivity contribution in [1.82, 2.24) is 10.1 Å². The van der Waals surface area contributed by atoms with Gasteiger partial charge in [0, 0.05) is 10.4 Å². The van der Waals surface area contributed by atoms with Crippen LogP contribution in [0.5, 0.6) is 0 Å². The third kappa shape index (κ3) is 2.28. The van der Waals surface area contributed by atoms with Crippen LogP contribution in [0.4, 0.5) is 9.39 Å². The van der Waals surface area contributed by atoms with Gasteiger partial charge in [0.25, 0.3) is 5.89 Å². The molecular weight excluding hydrogens is 301 g/mol. The average molecular weight is 310 g/mol. The van der Waals surface area contributed by atoms with E-state index in [1.807, 2.05) is 13.0 Å². The van der Waals surface area contributed by atoms with Crippen molar-refractivity contribution in [2.75, 3.05) is 5.73 Å². The molecule has 2 heterocycles. The molecule has 0 bridgehead atoms. The van der Waals surface area contributed by atoms with Gasteiger partial charge in [-0.3, -0.25) is 0 Å². The van der Waals surface area contributed by atoms with E-state index in [1.54, 1.807) is 0 Å². The van der Waals surface area contributed by atoms with Crippen LogP contribution < -0.4 is 5.73 Å². The number of hydrogen-bond donors (Lipinski definition) is 1. The fourth-order valence-electron chi connectivity index (χ4n) is 1.81. The molecule has 0 unspecified atom stereocenters. The molecule has 7 heteroatoms. The topological polar surface area (TPSA) is 64.9 Å². The van der Waals surface area contributed by atoms with Crippen LogP contribution in [0.2, 0.25) is 5.02 Å². The summed E-state index contributed by atoms with van der Waals surface area (Å²) in [6, 6.07) is 5.88. The van der Waals surface area contributed by atoms with Crippen molar-refractivity contribution in [1.29, 1.82) is 0 Å². The molecule has 0 spiro atoms. The lowest BCUT2D eigenvalue weighted by Gasteiger charge is -1.97. The number of benzene rings is 1. The van der Waals surface area contributed by atoms with Gasteiger partial charge in [0.05, 0.1) is 15.6 Å². The summed E-state index contributed by atoms with van der Waals surface area (Å²) in [5.74, 6) is 0.204. The highest BCUT2D eigenvalue weighted by Gasteiger charge is 2.16. The fourth-order valence-corrected chi connectivity index (χ4v) is 2.84. The molecule has 0 amide bonds. The van der Waals surface area contributed by atoms with E-state index < -0.39 is 5.82 Å². The summed E-state index contributed by atoms with van der Waals surface area (Å²) in [5, 5.41) is 4.70. The van der Waals surface area contributed by atoms with E-state index >= 15 is 0 Å². The monoisotopic (exact) mass is 309 g/mol. The third-order valence-corrected chi connectivity index (χ3v) is 3.90. The molecule has 0 atom stereocenters. The lowest BCUT2D eigenvalue weighted by molar-refractivity contribution is 0.432. The minimum Gasteiger partial charge on any atom is -0.390 e. The Balaban J connectivity index is 2.04. The van der Waals surface area contributed by atoms with Gasteiger partial charge in [-0.1, -0.05) is 16.8 Å². The number of nitrogens with two attached hydrogens (primary N) is 1. The molecule has 0 aliphatic rings. The predicted octanol–water partition coefficient (Wildman–Crippen LogP) is 4.15. The van der Waals surface area contributed by atoms with Crippen molar-refractivity contribution in [2.24, 2.45) is 0 Å². The van der Waals surface area contributed by atoms with Gasteiger partial charge in [0.1, 0.15) is 5.82 Å². The maximum Gasteiger partial charge on any atom is 0.261 e. The summed E-state index contributed by atoms with van der Waals surface area (Å²) in [7, 11) is 0. The Morgan fingerprint density at radius 2 is 2.10 bits per heavy atom. The quantitative estimate of drug-likeness (QED) is 0.772. The molecule has 0 saturated heterocycles. The highest BCUT2D eigenvalue weighted by atomic mass is 35.5. The van der Waals surface area contributed by atoms with Crippen LogP contribution in [-0.2, 0) is 0 Å². The standard InChI is InChI=1S/C13H9ClFN3OS/c1-6-4-9(11(16)20-6)13-17-12(18-19-13)8-3-2-7(15)5-10(8)14/h2-5H,16H2,1H3. The molecule has 0 fully saturated rings. The van der Waals surface area contributed by atoms with E-state index in [9.17, 15) is 4.39 Å². The van der Waals surface area contributed by atoms with E-state index in [1.165, 1.54) is 29.5 Å². The largest absolute Gasteiger partial charge is 0.390 e. The highest BCUT2D eigenvalue weighted by molar-refractivity contribution is 7.16. The normalized spacial score (nSPS) is 10.9. The minimum absolute atomic E-state index is 0.229. The number of nitrogens with zero attached hydrogens (tertiary/aromatic N) is 2. The molecule has 20 heavy (non-hydrogen) atoms. The van der Waals surface area contributed by atoms with Crippen LogP contribution in [0.3, 0.4) is 0 Å². The lowest BCUT2D eigenvalue weighted by atomic mass is 10.2. The second-order valence-electron chi connectivity index (χ2n) is 4.18. The summed E-state index contributed by atoms with van der Waals surface area (Å²) in [5.41, 5.74) is 7.09. The average Bonchev–Trinajstić information content (AvgIpc) is 2.96. The summed E-state index contributed by atoms with van der Waals surface area (Å²) in [6.07, 6.45) is 0. The number of thiophene rings is 1. The van der Waals surface area contributed by atoms with Crippen molar-refractivity contribution in [2.45, 2.75) is 6.92 Å². The molecule has 4 nitrogen and oxygen atoms in total. The van der Waals surface area contributed by atoms with Gasteiger partial charge in [-0.25, -0.2) is 4.39 Å². The van der Waals surface area contributed by atoms with Crippen LogP contribution in [0.1, 0.15) is 4.88 Å². The number of aromatic nitrogens is 2. The number of anilines is 1. The molecule has 2 N–H and O–H groups in total. The Bertz CT molecular complexity index is 784. The Morgan fingerprint density at radius 1 is 1.30 bits per heavy atom. The molecule has 3 aromatic rings. The van der Waals surface area contributed by atoms with E-state index in [-0.39, 0.29) is 5.02 Å². The molecular formula is C13H9ClFN3OS. The predicted molar refractivity (Wildman–Crippen MR) is 77.2 cm³/mol. The summed E-state index contributed by atoms with van der Waals surface area (Å²) in [6.45, 7) is 1.94. The Labute approximate surface area is 123 Å². The van der Waals surface area contributed by atoms with E-state index in [4.69, 9.17) is 21.9 Å². The zero-order valence-electron chi connectivity index (χ0n) is 10.4. The molecule has 0 aliphatic carbocycles. The van der Waals surface area contributed by atoms with E-state index in [2.05, 4.69) is 10.1 Å². The van der Waals surface area contributed by atoms with Crippen molar-refractivity contribution in [3.8, 4) is 22.8 Å². The second-order valence-corrected chi connectivity index (χ2v) is 5.88. The summed E-state index contributed by atoms with van der Waals surface area (Å²) >= 11 is 7.42. The van der Waals surface area contributed by atoms with Gasteiger partial charge >= 0.3 is 0 Å². The Hall–Kier alpha value is -1.92. The molecule has 0 aliphatic heterocycles. The van der Waals surface area contributed by atoms with Crippen LogP contribution in [0.25, 0.3) is 22.8 Å². The minimum atomic E-state index is -0.417. The van der Waals surface area contributed by atoms with Gasteiger partial charge in [-0.15, -0.1) is 11.3 Å². The molecule has 102 valence electrons. The molecule has 1 aromatic carbocycles. The number of hydrogen-bond acceptors (Lipinski definition) is 5. The number of nitrogen functional groups attached to an aromatic ring is 1. The fraction of sp³-hybridized carbons (Fsp3) is 0.0769. The zero-order valence-corrected chi connectivity index (χ0v) is 11.9. The van der Waals surface area contributed by atoms with Crippen molar-refractivity contribution in [3.05, 3.63) is 40.0 Å². The first-order valence-electron chi connectivity index (χ1n) is 5.70. The third-order valence-electron chi connectivity index (χ3n) is 2.71. The van der Waals surface area contributed by atoms with Crippen molar-refractivity contribution in [3.63, 3.8) is 0 Å². The highest BCUT2D eigenvalue weighted by Crippen LogP contribution is 2.34. The smallest absolute Gasteiger partial charge is 0.261 e. The Morgan fingerprint density at radius 3 is 2.75 bits per heavy atom. The number of halogens is 2. The first-order chi connectivity index (χ1) is 9.54. The summed E-state index contributed by atoms with van der Waals surface area (Å²) in [4.78, 5) is 5.31. The van der Waals surface area contributed by atoms with Crippen LogP contribution >= 0.6 is 22.9 Å². The van der Waals surface area contributed by atoms with Gasteiger partial charge in [0.2, 0.25) is 5.82 Å².